The highest BCUT2D eigenvalue weighted by Gasteiger charge is 2.87. The van der Waals surface area contributed by atoms with Gasteiger partial charge >= 0.3 is 0 Å². The van der Waals surface area contributed by atoms with Gasteiger partial charge in [-0.1, -0.05) is 44.2 Å². The van der Waals surface area contributed by atoms with Gasteiger partial charge in [0.15, 0.2) is 5.60 Å². The lowest BCUT2D eigenvalue weighted by atomic mass is 9.40. The molecule has 10 rings (SSSR count). The molecule has 3 saturated carbocycles. The van der Waals surface area contributed by atoms with Crippen LogP contribution in [-0.2, 0) is 31.6 Å². The number of ether oxygens (including phenoxy) is 3. The molecule has 13 atom stereocenters. The second-order valence-corrected chi connectivity index (χ2v) is 17.4. The molecule has 1 aromatic carbocycles. The maximum absolute atomic E-state index is 13.2. The fraction of sp³-hybridized carbons (Fsp3) is 0.676. The van der Waals surface area contributed by atoms with E-state index in [1.54, 1.807) is 0 Å². The quantitative estimate of drug-likeness (QED) is 0.238. The van der Waals surface area contributed by atoms with Crippen molar-refractivity contribution < 1.29 is 29.5 Å². The van der Waals surface area contributed by atoms with Crippen molar-refractivity contribution >= 4 is 22.5 Å². The average molecular weight is 634 g/mol. The molecule has 4 heterocycles. The van der Waals surface area contributed by atoms with Crippen LogP contribution in [0.3, 0.4) is 0 Å². The van der Waals surface area contributed by atoms with Gasteiger partial charge < -0.3 is 34.5 Å². The lowest BCUT2D eigenvalue weighted by molar-refractivity contribution is -0.281. The minimum Gasteiger partial charge on any atom is -0.387 e. The van der Waals surface area contributed by atoms with Gasteiger partial charge in [0.2, 0.25) is 0 Å². The van der Waals surface area contributed by atoms with Crippen LogP contribution in [0.2, 0.25) is 5.02 Å². The fourth-order valence-electron chi connectivity index (χ4n) is 12.9. The Labute approximate surface area is 269 Å². The largest absolute Gasteiger partial charge is 0.387 e. The topological polar surface area (TPSA) is 107 Å². The molecule has 4 N–H and O–H groups in total. The molecular weight excluding hydrogens is 590 g/mol. The van der Waals surface area contributed by atoms with Crippen molar-refractivity contribution in [3.63, 3.8) is 0 Å². The Balaban J connectivity index is 1.21. The van der Waals surface area contributed by atoms with Crippen LogP contribution in [-0.4, -0.2) is 61.5 Å². The monoisotopic (exact) mass is 633 g/mol. The number of hydrogen-bond donors (Lipinski definition) is 4. The molecular formula is C37H44ClNO6. The summed E-state index contributed by atoms with van der Waals surface area (Å²) in [6.07, 6.45) is 1.83. The number of aromatic amines is 1. The van der Waals surface area contributed by atoms with Gasteiger partial charge in [-0.05, 0) is 82.1 Å². The molecule has 0 bridgehead atoms. The van der Waals surface area contributed by atoms with Crippen LogP contribution in [0.1, 0.15) is 95.2 Å². The van der Waals surface area contributed by atoms with E-state index in [2.05, 4.69) is 45.8 Å². The Morgan fingerprint density at radius 1 is 1.11 bits per heavy atom. The Morgan fingerprint density at radius 2 is 1.87 bits per heavy atom. The summed E-state index contributed by atoms with van der Waals surface area (Å²) >= 11 is 7.06. The van der Waals surface area contributed by atoms with Crippen LogP contribution < -0.4 is 0 Å². The van der Waals surface area contributed by atoms with E-state index < -0.39 is 51.5 Å². The summed E-state index contributed by atoms with van der Waals surface area (Å²) in [7, 11) is 0. The summed E-state index contributed by atoms with van der Waals surface area (Å²) in [5, 5.41) is 39.1. The first-order valence-electron chi connectivity index (χ1n) is 16.9. The molecule has 2 saturated heterocycles. The third-order valence-electron chi connectivity index (χ3n) is 15.2. The molecule has 2 aromatic rings. The van der Waals surface area contributed by atoms with Crippen LogP contribution in [0.5, 0.6) is 0 Å². The smallest absolute Gasteiger partial charge is 0.153 e. The van der Waals surface area contributed by atoms with Gasteiger partial charge in [0.25, 0.3) is 0 Å². The predicted molar refractivity (Wildman–Crippen MR) is 169 cm³/mol. The number of hydrogen-bond acceptors (Lipinski definition) is 6. The minimum absolute atomic E-state index is 0.0254. The summed E-state index contributed by atoms with van der Waals surface area (Å²) in [5.74, 6) is -0.0241. The summed E-state index contributed by atoms with van der Waals surface area (Å²) < 4.78 is 20.4. The van der Waals surface area contributed by atoms with Gasteiger partial charge in [-0.15, -0.1) is 0 Å². The van der Waals surface area contributed by atoms with Crippen molar-refractivity contribution in [2.75, 3.05) is 0 Å². The second-order valence-electron chi connectivity index (χ2n) is 17.0. The van der Waals surface area contributed by atoms with Crippen molar-refractivity contribution in [3.8, 4) is 0 Å². The van der Waals surface area contributed by atoms with E-state index in [9.17, 15) is 15.3 Å². The lowest BCUT2D eigenvalue weighted by Crippen LogP contribution is -2.76. The van der Waals surface area contributed by atoms with Crippen molar-refractivity contribution in [3.05, 3.63) is 57.8 Å². The highest BCUT2D eigenvalue weighted by Crippen LogP contribution is 2.78. The highest BCUT2D eigenvalue weighted by molar-refractivity contribution is 6.32. The van der Waals surface area contributed by atoms with E-state index in [0.717, 1.165) is 63.7 Å². The van der Waals surface area contributed by atoms with Gasteiger partial charge in [-0.3, -0.25) is 0 Å². The highest BCUT2D eigenvalue weighted by atomic mass is 35.5. The molecule has 5 fully saturated rings. The molecule has 0 amide bonds. The Hall–Kier alpha value is -1.71. The molecule has 3 aliphatic heterocycles. The number of benzene rings is 1. The van der Waals surface area contributed by atoms with E-state index in [1.165, 1.54) is 0 Å². The standard InChI is InChI=1S/C37H44ClNO6/c1-15(2)28-27(40)31-37(45-31)23(43-28)9-10-33(6)34(7)18(8-11-35(33,37)41)29-25-24-21(39-30(25)34)14-20(38)17-12-16(3)19-13-22(32(4,5)44-29)36(19,42)26(17)24/h14,18-19,22-23,27-29,31,39-42H,1,3,8-13H2,2,4-7H3/t18?,19?,22-,23?,27+,28-,29+,31?,33-,34+,35+,36-,37-/m1/s1. The molecule has 8 aliphatic rings. The average Bonchev–Trinajstić information content (AvgIpc) is 3.55. The van der Waals surface area contributed by atoms with Crippen molar-refractivity contribution in [1.82, 2.24) is 4.98 Å². The first kappa shape index (κ1) is 28.3. The van der Waals surface area contributed by atoms with Crippen molar-refractivity contribution in [2.45, 2.75) is 131 Å². The molecule has 5 aliphatic carbocycles. The van der Waals surface area contributed by atoms with Crippen LogP contribution in [0, 0.1) is 23.2 Å². The summed E-state index contributed by atoms with van der Waals surface area (Å²) in [6.45, 7) is 19.2. The molecule has 45 heavy (non-hydrogen) atoms. The minimum atomic E-state index is -1.24. The maximum Gasteiger partial charge on any atom is 0.153 e. The first-order chi connectivity index (χ1) is 21.1. The number of aliphatic hydroxyl groups is 3. The molecule has 240 valence electrons. The van der Waals surface area contributed by atoms with Crippen LogP contribution in [0.25, 0.3) is 10.9 Å². The zero-order valence-corrected chi connectivity index (χ0v) is 27.6. The summed E-state index contributed by atoms with van der Waals surface area (Å²) in [6, 6.07) is 2.02. The van der Waals surface area contributed by atoms with Gasteiger partial charge in [-0.25, -0.2) is 0 Å². The third kappa shape index (κ3) is 2.64. The normalized spacial score (nSPS) is 52.5. The lowest BCUT2D eigenvalue weighted by Gasteiger charge is -2.66. The zero-order chi connectivity index (χ0) is 31.6. The molecule has 8 heteroatoms. The summed E-state index contributed by atoms with van der Waals surface area (Å²) in [5.41, 5.74) is 1.86. The number of aromatic nitrogens is 1. The third-order valence-corrected chi connectivity index (χ3v) is 15.5. The van der Waals surface area contributed by atoms with Crippen LogP contribution in [0.15, 0.2) is 30.4 Å². The van der Waals surface area contributed by atoms with Gasteiger partial charge in [0.05, 0.1) is 17.8 Å². The van der Waals surface area contributed by atoms with Crippen LogP contribution >= 0.6 is 11.6 Å². The molecule has 1 aromatic heterocycles. The fourth-order valence-corrected chi connectivity index (χ4v) is 13.2. The van der Waals surface area contributed by atoms with E-state index in [4.69, 9.17) is 25.8 Å². The van der Waals surface area contributed by atoms with Gasteiger partial charge in [0.1, 0.15) is 29.5 Å². The number of aliphatic hydroxyl groups excluding tert-OH is 1. The SMILES string of the molecule is C=C1Cc2c(Cl)cc3[nH]c4c5c3c2[C@@]2(O)C1C[C@@H]2C(C)(C)O[C@H]5C1CC[C@@]2(O)[C@]35OC3[C@@H](O)[C@@H](C(=C)C)OC5CC[C@]2(C)[C@]41C. The van der Waals surface area contributed by atoms with E-state index in [-0.39, 0.29) is 30.0 Å². The van der Waals surface area contributed by atoms with E-state index in [0.29, 0.717) is 24.3 Å². The number of epoxide rings is 1. The molecule has 7 nitrogen and oxygen atoms in total. The second kappa shape index (κ2) is 7.78. The number of H-pyrrole nitrogens is 1. The Morgan fingerprint density at radius 3 is 2.60 bits per heavy atom. The van der Waals surface area contributed by atoms with Crippen molar-refractivity contribution in [1.29, 1.82) is 0 Å². The number of nitrogens with one attached hydrogen (secondary N) is 1. The Bertz CT molecular complexity index is 1800. The van der Waals surface area contributed by atoms with Gasteiger partial charge in [-0.2, -0.15) is 0 Å². The number of fused-ring (bicyclic) bond motifs is 5. The first-order valence-corrected chi connectivity index (χ1v) is 17.3. The molecule has 0 radical (unpaired) electrons. The zero-order valence-electron chi connectivity index (χ0n) is 26.8. The van der Waals surface area contributed by atoms with E-state index >= 15 is 0 Å². The van der Waals surface area contributed by atoms with Gasteiger partial charge in [0, 0.05) is 55.8 Å². The predicted octanol–water partition coefficient (Wildman–Crippen LogP) is 5.66. The number of rotatable bonds is 1. The maximum atomic E-state index is 13.2. The Kier molecular flexibility index (Phi) is 4.89. The number of halogens is 1. The van der Waals surface area contributed by atoms with Crippen LogP contribution in [0.4, 0.5) is 0 Å². The summed E-state index contributed by atoms with van der Waals surface area (Å²) in [4.78, 5) is 3.87. The molecule has 1 spiro atoms. The van der Waals surface area contributed by atoms with E-state index in [1.807, 2.05) is 13.0 Å². The van der Waals surface area contributed by atoms with Crippen molar-refractivity contribution in [2.24, 2.45) is 23.2 Å². The molecule has 4 unspecified atom stereocenters.